The maximum Gasteiger partial charge on any atom is 0.253 e. The quantitative estimate of drug-likeness (QED) is 0.687. The average Bonchev–Trinajstić information content (AvgIpc) is 2.69. The second kappa shape index (κ2) is 8.22. The predicted molar refractivity (Wildman–Crippen MR) is 111 cm³/mol. The van der Waals surface area contributed by atoms with Gasteiger partial charge in [-0.25, -0.2) is 19.3 Å². The second-order valence-electron chi connectivity index (χ2n) is 6.57. The lowest BCUT2D eigenvalue weighted by molar-refractivity contribution is 0.0772. The number of hydrogen-bond acceptors (Lipinski definition) is 6. The lowest BCUT2D eigenvalue weighted by Gasteiger charge is -2.19. The zero-order valence-electron chi connectivity index (χ0n) is 16.6. The molecule has 1 aromatic carbocycles. The predicted octanol–water partition coefficient (Wildman–Crippen LogP) is 3.30. The van der Waals surface area contributed by atoms with Crippen LogP contribution in [-0.2, 0) is 0 Å². The van der Waals surface area contributed by atoms with Crippen molar-refractivity contribution in [2.75, 3.05) is 24.6 Å². The standard InChI is InChI=1S/C21H23FN6O/c1-4-28(5-2)20(29)15-8-14(9-16(22)10-15)19-18(12(3)26-21(24)27-19)13-6-7-17(23)25-11-13/h6-11H,4-5H2,1-3H3,(H2,23,25)(H2,24,26,27). The molecule has 0 aliphatic heterocycles. The highest BCUT2D eigenvalue weighted by Gasteiger charge is 2.19. The molecule has 4 N–H and O–H groups in total. The number of carbonyl (C=O) groups is 1. The first-order chi connectivity index (χ1) is 13.8. The van der Waals surface area contributed by atoms with E-state index in [1.807, 2.05) is 13.8 Å². The first-order valence-electron chi connectivity index (χ1n) is 9.30. The number of benzene rings is 1. The molecule has 0 unspecified atom stereocenters. The third-order valence-electron chi connectivity index (χ3n) is 4.65. The van der Waals surface area contributed by atoms with Gasteiger partial charge in [-0.15, -0.1) is 0 Å². The molecule has 3 rings (SSSR count). The Kier molecular flexibility index (Phi) is 5.72. The monoisotopic (exact) mass is 394 g/mol. The molecule has 8 heteroatoms. The van der Waals surface area contributed by atoms with E-state index in [1.165, 1.54) is 12.1 Å². The average molecular weight is 394 g/mol. The first kappa shape index (κ1) is 20.2. The Morgan fingerprint density at radius 3 is 2.41 bits per heavy atom. The highest BCUT2D eigenvalue weighted by Crippen LogP contribution is 2.34. The fourth-order valence-corrected chi connectivity index (χ4v) is 3.25. The third-order valence-corrected chi connectivity index (χ3v) is 4.65. The van der Waals surface area contributed by atoms with E-state index in [4.69, 9.17) is 11.5 Å². The number of nitrogen functional groups attached to an aromatic ring is 2. The summed E-state index contributed by atoms with van der Waals surface area (Å²) in [6, 6.07) is 7.63. The van der Waals surface area contributed by atoms with Crippen LogP contribution in [0.25, 0.3) is 22.4 Å². The normalized spacial score (nSPS) is 10.8. The molecular formula is C21H23FN6O. The molecule has 0 saturated carbocycles. The van der Waals surface area contributed by atoms with Gasteiger partial charge in [-0.2, -0.15) is 0 Å². The Morgan fingerprint density at radius 2 is 1.79 bits per heavy atom. The molecule has 1 amide bonds. The van der Waals surface area contributed by atoms with E-state index in [-0.39, 0.29) is 17.4 Å². The molecule has 0 radical (unpaired) electrons. The summed E-state index contributed by atoms with van der Waals surface area (Å²) < 4.78 is 14.5. The minimum absolute atomic E-state index is 0.0607. The van der Waals surface area contributed by atoms with Crippen LogP contribution in [0, 0.1) is 12.7 Å². The van der Waals surface area contributed by atoms with Gasteiger partial charge in [0.2, 0.25) is 5.95 Å². The van der Waals surface area contributed by atoms with Gasteiger partial charge in [0.1, 0.15) is 11.6 Å². The van der Waals surface area contributed by atoms with Crippen LogP contribution < -0.4 is 11.5 Å². The third kappa shape index (κ3) is 4.16. The summed E-state index contributed by atoms with van der Waals surface area (Å²) >= 11 is 0. The van der Waals surface area contributed by atoms with Crippen molar-refractivity contribution in [2.24, 2.45) is 0 Å². The van der Waals surface area contributed by atoms with Crippen molar-refractivity contribution >= 4 is 17.7 Å². The number of hydrogen-bond donors (Lipinski definition) is 2. The van der Waals surface area contributed by atoms with Gasteiger partial charge >= 0.3 is 0 Å². The number of rotatable bonds is 5. The van der Waals surface area contributed by atoms with E-state index in [2.05, 4.69) is 15.0 Å². The number of anilines is 2. The lowest BCUT2D eigenvalue weighted by atomic mass is 9.97. The number of carbonyl (C=O) groups excluding carboxylic acids is 1. The van der Waals surface area contributed by atoms with Gasteiger partial charge < -0.3 is 16.4 Å². The second-order valence-corrected chi connectivity index (χ2v) is 6.57. The number of amides is 1. The van der Waals surface area contributed by atoms with Gasteiger partial charge in [0.25, 0.3) is 5.91 Å². The van der Waals surface area contributed by atoms with Crippen molar-refractivity contribution in [1.29, 1.82) is 0 Å². The molecule has 0 aliphatic rings. The topological polar surface area (TPSA) is 111 Å². The van der Waals surface area contributed by atoms with Crippen molar-refractivity contribution in [3.63, 3.8) is 0 Å². The largest absolute Gasteiger partial charge is 0.384 e. The molecule has 0 atom stereocenters. The Hall–Kier alpha value is -3.55. The van der Waals surface area contributed by atoms with E-state index >= 15 is 0 Å². The summed E-state index contributed by atoms with van der Waals surface area (Å²) in [4.78, 5) is 27.1. The molecule has 0 bridgehead atoms. The lowest BCUT2D eigenvalue weighted by Crippen LogP contribution is -2.30. The summed E-state index contributed by atoms with van der Waals surface area (Å²) in [7, 11) is 0. The van der Waals surface area contributed by atoms with Crippen LogP contribution >= 0.6 is 0 Å². The van der Waals surface area contributed by atoms with Gasteiger partial charge in [-0.05, 0) is 51.1 Å². The van der Waals surface area contributed by atoms with Crippen LogP contribution in [0.2, 0.25) is 0 Å². The van der Waals surface area contributed by atoms with Crippen molar-refractivity contribution in [2.45, 2.75) is 20.8 Å². The van der Waals surface area contributed by atoms with Crippen LogP contribution in [0.1, 0.15) is 29.9 Å². The smallest absolute Gasteiger partial charge is 0.253 e. The molecule has 0 fully saturated rings. The van der Waals surface area contributed by atoms with Gasteiger partial charge in [0.15, 0.2) is 0 Å². The Balaban J connectivity index is 2.21. The number of pyridine rings is 1. The van der Waals surface area contributed by atoms with Crippen LogP contribution in [-0.4, -0.2) is 38.8 Å². The van der Waals surface area contributed by atoms with E-state index in [1.54, 1.807) is 36.2 Å². The van der Waals surface area contributed by atoms with E-state index in [0.29, 0.717) is 47.0 Å². The van der Waals surface area contributed by atoms with Gasteiger partial charge in [0, 0.05) is 41.5 Å². The Bertz CT molecular complexity index is 1050. The van der Waals surface area contributed by atoms with Gasteiger partial charge in [0.05, 0.1) is 11.4 Å². The molecule has 150 valence electrons. The van der Waals surface area contributed by atoms with Crippen molar-refractivity contribution < 1.29 is 9.18 Å². The van der Waals surface area contributed by atoms with Crippen molar-refractivity contribution in [3.05, 3.63) is 53.6 Å². The van der Waals surface area contributed by atoms with Gasteiger partial charge in [-0.3, -0.25) is 4.79 Å². The summed E-state index contributed by atoms with van der Waals surface area (Å²) in [5.74, 6) is -0.341. The molecule has 0 aliphatic carbocycles. The Labute approximate surface area is 168 Å². The van der Waals surface area contributed by atoms with Crippen LogP contribution in [0.15, 0.2) is 36.5 Å². The number of aryl methyl sites for hydroxylation is 1. The maximum absolute atomic E-state index is 14.5. The summed E-state index contributed by atoms with van der Waals surface area (Å²) in [6.45, 7) is 6.60. The molecule has 29 heavy (non-hydrogen) atoms. The summed E-state index contributed by atoms with van der Waals surface area (Å²) in [5, 5.41) is 0. The van der Waals surface area contributed by atoms with Crippen molar-refractivity contribution in [3.8, 4) is 22.4 Å². The fourth-order valence-electron chi connectivity index (χ4n) is 3.25. The highest BCUT2D eigenvalue weighted by atomic mass is 19.1. The minimum atomic E-state index is -0.533. The van der Waals surface area contributed by atoms with E-state index in [0.717, 1.165) is 0 Å². The molecule has 0 saturated heterocycles. The Morgan fingerprint density at radius 1 is 1.07 bits per heavy atom. The molecule has 0 spiro atoms. The first-order valence-corrected chi connectivity index (χ1v) is 9.30. The fraction of sp³-hybridized carbons (Fsp3) is 0.238. The van der Waals surface area contributed by atoms with Gasteiger partial charge in [-0.1, -0.05) is 0 Å². The summed E-state index contributed by atoms with van der Waals surface area (Å²) in [5.41, 5.74) is 14.6. The maximum atomic E-state index is 14.5. The zero-order valence-corrected chi connectivity index (χ0v) is 16.6. The molecule has 3 aromatic rings. The van der Waals surface area contributed by atoms with Crippen LogP contribution in [0.5, 0.6) is 0 Å². The molecule has 2 aromatic heterocycles. The van der Waals surface area contributed by atoms with E-state index < -0.39 is 5.82 Å². The number of nitrogens with zero attached hydrogens (tertiary/aromatic N) is 4. The summed E-state index contributed by atoms with van der Waals surface area (Å²) in [6.07, 6.45) is 1.60. The molecular weight excluding hydrogens is 371 g/mol. The highest BCUT2D eigenvalue weighted by molar-refractivity contribution is 5.96. The SMILES string of the molecule is CCN(CC)C(=O)c1cc(F)cc(-c2nc(N)nc(C)c2-c2ccc(N)nc2)c1. The molecule has 2 heterocycles. The molecule has 7 nitrogen and oxygen atoms in total. The number of nitrogens with two attached hydrogens (primary N) is 2. The number of aromatic nitrogens is 3. The van der Waals surface area contributed by atoms with Crippen LogP contribution in [0.4, 0.5) is 16.2 Å². The van der Waals surface area contributed by atoms with Crippen molar-refractivity contribution in [1.82, 2.24) is 19.9 Å². The van der Waals surface area contributed by atoms with E-state index in [9.17, 15) is 9.18 Å². The number of halogens is 1. The van der Waals surface area contributed by atoms with Crippen LogP contribution in [0.3, 0.4) is 0 Å². The zero-order chi connectivity index (χ0) is 21.1. The minimum Gasteiger partial charge on any atom is -0.384 e.